The molecule has 3 unspecified atom stereocenters. The molecule has 2 heterocycles. The zero-order chi connectivity index (χ0) is 17.2. The number of amides is 2. The average Bonchev–Trinajstić information content (AvgIpc) is 3.10. The van der Waals surface area contributed by atoms with E-state index in [-0.39, 0.29) is 43.0 Å². The van der Waals surface area contributed by atoms with Gasteiger partial charge < -0.3 is 20.1 Å². The third kappa shape index (κ3) is 4.31. The van der Waals surface area contributed by atoms with Gasteiger partial charge in [0.15, 0.2) is 0 Å². The molecule has 1 aromatic carbocycles. The first kappa shape index (κ1) is 16.9. The van der Waals surface area contributed by atoms with Crippen LogP contribution >= 0.6 is 0 Å². The van der Waals surface area contributed by atoms with Crippen LogP contribution in [0.5, 0.6) is 5.75 Å². The summed E-state index contributed by atoms with van der Waals surface area (Å²) in [6, 6.07) is 5.60. The number of hydrogen-bond acceptors (Lipinski definition) is 3. The maximum Gasteiger partial charge on any atom is 0.573 e. The number of hydrogen-bond donors (Lipinski definition) is 2. The summed E-state index contributed by atoms with van der Waals surface area (Å²) in [4.78, 5) is 11.9. The van der Waals surface area contributed by atoms with E-state index in [1.165, 1.54) is 12.1 Å². The summed E-state index contributed by atoms with van der Waals surface area (Å²) in [5, 5.41) is 5.53. The minimum Gasteiger partial charge on any atom is -0.406 e. The fraction of sp³-hybridized carbons (Fsp3) is 0.562. The quantitative estimate of drug-likeness (QED) is 0.863. The van der Waals surface area contributed by atoms with Gasteiger partial charge in [0.2, 0.25) is 0 Å². The summed E-state index contributed by atoms with van der Waals surface area (Å²) >= 11 is 0. The van der Waals surface area contributed by atoms with Crippen LogP contribution in [0.1, 0.15) is 24.8 Å². The second-order valence-electron chi connectivity index (χ2n) is 6.02. The Hall–Kier alpha value is -1.96. The largest absolute Gasteiger partial charge is 0.573 e. The highest BCUT2D eigenvalue weighted by atomic mass is 19.4. The summed E-state index contributed by atoms with van der Waals surface area (Å²) in [5.41, 5.74) is 0.387. The van der Waals surface area contributed by atoms with Crippen LogP contribution in [0, 0.1) is 0 Å². The van der Waals surface area contributed by atoms with Crippen molar-refractivity contribution in [1.29, 1.82) is 0 Å². The standard InChI is InChI=1S/C16H19F3N2O3/c17-16(18,19)24-13-4-2-1-3-10(13)7-8-20-15(22)21-12-9-11-5-6-14(12)23-11/h1-4,11-12,14H,5-9H2,(H2,20,21,22). The van der Waals surface area contributed by atoms with Gasteiger partial charge in [-0.3, -0.25) is 0 Å². The molecule has 2 aliphatic heterocycles. The molecule has 24 heavy (non-hydrogen) atoms. The molecule has 2 aliphatic rings. The Balaban J connectivity index is 1.45. The Bertz CT molecular complexity index is 594. The van der Waals surface area contributed by atoms with Gasteiger partial charge in [-0.15, -0.1) is 13.2 Å². The summed E-state index contributed by atoms with van der Waals surface area (Å²) < 4.78 is 46.7. The van der Waals surface area contributed by atoms with Crippen LogP contribution in [0.2, 0.25) is 0 Å². The molecule has 2 bridgehead atoms. The van der Waals surface area contributed by atoms with Crippen molar-refractivity contribution < 1.29 is 27.4 Å². The number of carbonyl (C=O) groups is 1. The highest BCUT2D eigenvalue weighted by molar-refractivity contribution is 5.74. The zero-order valence-electron chi connectivity index (χ0n) is 12.9. The Morgan fingerprint density at radius 2 is 2.08 bits per heavy atom. The van der Waals surface area contributed by atoms with Gasteiger partial charge in [0, 0.05) is 6.54 Å². The van der Waals surface area contributed by atoms with Gasteiger partial charge in [-0.2, -0.15) is 0 Å². The number of urea groups is 1. The van der Waals surface area contributed by atoms with Gasteiger partial charge in [-0.05, 0) is 37.3 Å². The molecule has 132 valence electrons. The van der Waals surface area contributed by atoms with Crippen molar-refractivity contribution in [3.8, 4) is 5.75 Å². The number of alkyl halides is 3. The molecule has 0 aliphatic carbocycles. The molecule has 8 heteroatoms. The second kappa shape index (κ2) is 6.88. The van der Waals surface area contributed by atoms with Gasteiger partial charge in [0.25, 0.3) is 0 Å². The molecule has 0 aromatic heterocycles. The lowest BCUT2D eigenvalue weighted by atomic mass is 9.96. The van der Waals surface area contributed by atoms with Crippen LogP contribution in [0.3, 0.4) is 0 Å². The normalized spacial score (nSPS) is 25.5. The monoisotopic (exact) mass is 344 g/mol. The van der Waals surface area contributed by atoms with Crippen LogP contribution in [0.25, 0.3) is 0 Å². The van der Waals surface area contributed by atoms with Crippen LogP contribution in [-0.4, -0.2) is 37.2 Å². The second-order valence-corrected chi connectivity index (χ2v) is 6.02. The van der Waals surface area contributed by atoms with Crippen LogP contribution in [0.15, 0.2) is 24.3 Å². The number of ether oxygens (including phenoxy) is 2. The Labute approximate surface area is 137 Å². The minimum absolute atomic E-state index is 0.0181. The molecule has 3 atom stereocenters. The van der Waals surface area contributed by atoms with E-state index in [0.717, 1.165) is 19.3 Å². The number of rotatable bonds is 5. The van der Waals surface area contributed by atoms with E-state index >= 15 is 0 Å². The number of halogens is 3. The van der Waals surface area contributed by atoms with E-state index < -0.39 is 6.36 Å². The predicted octanol–water partition coefficient (Wildman–Crippen LogP) is 2.75. The highest BCUT2D eigenvalue weighted by Gasteiger charge is 2.41. The lowest BCUT2D eigenvalue weighted by Crippen LogP contribution is -2.46. The van der Waals surface area contributed by atoms with E-state index in [1.54, 1.807) is 12.1 Å². The molecule has 5 nitrogen and oxygen atoms in total. The topological polar surface area (TPSA) is 59.6 Å². The molecule has 2 N–H and O–H groups in total. The Kier molecular flexibility index (Phi) is 4.84. The van der Waals surface area contributed by atoms with Crippen molar-refractivity contribution >= 4 is 6.03 Å². The summed E-state index contributed by atoms with van der Waals surface area (Å²) in [6.45, 7) is 0.214. The first-order valence-electron chi connectivity index (χ1n) is 7.94. The first-order valence-corrected chi connectivity index (χ1v) is 7.94. The van der Waals surface area contributed by atoms with E-state index in [9.17, 15) is 18.0 Å². The Morgan fingerprint density at radius 1 is 1.29 bits per heavy atom. The van der Waals surface area contributed by atoms with Gasteiger partial charge in [0.05, 0.1) is 18.2 Å². The minimum atomic E-state index is -4.73. The van der Waals surface area contributed by atoms with Gasteiger partial charge in [0.1, 0.15) is 5.75 Å². The molecule has 2 saturated heterocycles. The van der Waals surface area contributed by atoms with E-state index in [2.05, 4.69) is 15.4 Å². The van der Waals surface area contributed by atoms with E-state index in [4.69, 9.17) is 4.74 Å². The van der Waals surface area contributed by atoms with Crippen molar-refractivity contribution in [2.45, 2.75) is 50.3 Å². The molecule has 2 fully saturated rings. The first-order chi connectivity index (χ1) is 11.4. The SMILES string of the molecule is O=C(NCCc1ccccc1OC(F)(F)F)NC1CC2CCC1O2. The average molecular weight is 344 g/mol. The van der Waals surface area contributed by atoms with E-state index in [1.807, 2.05) is 0 Å². The fourth-order valence-electron chi connectivity index (χ4n) is 3.25. The van der Waals surface area contributed by atoms with Crippen LogP contribution < -0.4 is 15.4 Å². The molecule has 2 amide bonds. The third-order valence-corrected chi connectivity index (χ3v) is 4.30. The lowest BCUT2D eigenvalue weighted by Gasteiger charge is -2.20. The molecule has 0 saturated carbocycles. The molecular weight excluding hydrogens is 325 g/mol. The van der Waals surface area contributed by atoms with Crippen LogP contribution in [-0.2, 0) is 11.2 Å². The van der Waals surface area contributed by atoms with Crippen LogP contribution in [0.4, 0.5) is 18.0 Å². The number of nitrogens with one attached hydrogen (secondary N) is 2. The molecule has 0 radical (unpaired) electrons. The number of carbonyl (C=O) groups excluding carboxylic acids is 1. The van der Waals surface area contributed by atoms with Crippen molar-refractivity contribution in [3.63, 3.8) is 0 Å². The lowest BCUT2D eigenvalue weighted by molar-refractivity contribution is -0.274. The maximum absolute atomic E-state index is 12.4. The number of fused-ring (bicyclic) bond motifs is 2. The molecule has 1 aromatic rings. The third-order valence-electron chi connectivity index (χ3n) is 4.30. The van der Waals surface area contributed by atoms with Gasteiger partial charge in [-0.25, -0.2) is 4.79 Å². The fourth-order valence-corrected chi connectivity index (χ4v) is 3.25. The van der Waals surface area contributed by atoms with Crippen molar-refractivity contribution in [2.24, 2.45) is 0 Å². The molecule has 3 rings (SSSR count). The molecule has 0 spiro atoms. The van der Waals surface area contributed by atoms with Gasteiger partial charge in [-0.1, -0.05) is 18.2 Å². The van der Waals surface area contributed by atoms with E-state index in [0.29, 0.717) is 5.56 Å². The van der Waals surface area contributed by atoms with Crippen molar-refractivity contribution in [2.75, 3.05) is 6.54 Å². The van der Waals surface area contributed by atoms with Crippen molar-refractivity contribution in [1.82, 2.24) is 10.6 Å². The summed E-state index contributed by atoms with van der Waals surface area (Å²) in [6.07, 6.45) is -1.35. The zero-order valence-corrected chi connectivity index (χ0v) is 12.9. The molecular formula is C16H19F3N2O3. The highest BCUT2D eigenvalue weighted by Crippen LogP contribution is 2.34. The summed E-state index contributed by atoms with van der Waals surface area (Å²) in [7, 11) is 0. The Morgan fingerprint density at radius 3 is 2.75 bits per heavy atom. The summed E-state index contributed by atoms with van der Waals surface area (Å²) in [5.74, 6) is -0.242. The number of benzene rings is 1. The number of para-hydroxylation sites is 1. The van der Waals surface area contributed by atoms with Gasteiger partial charge >= 0.3 is 12.4 Å². The van der Waals surface area contributed by atoms with Crippen molar-refractivity contribution in [3.05, 3.63) is 29.8 Å². The predicted molar refractivity (Wildman–Crippen MR) is 79.7 cm³/mol. The smallest absolute Gasteiger partial charge is 0.406 e. The maximum atomic E-state index is 12.4.